The first-order chi connectivity index (χ1) is 12.7. The lowest BCUT2D eigenvalue weighted by Crippen LogP contribution is -2.27. The maximum absolute atomic E-state index is 5.53. The molecular formula is C21H29NO3S. The van der Waals surface area contributed by atoms with Gasteiger partial charge >= 0.3 is 0 Å². The van der Waals surface area contributed by atoms with Gasteiger partial charge in [0.2, 0.25) is 5.75 Å². The molecule has 0 aliphatic carbocycles. The van der Waals surface area contributed by atoms with Gasteiger partial charge in [0.15, 0.2) is 11.5 Å². The first-order valence-corrected chi connectivity index (χ1v) is 10.1. The number of hydrogen-bond donors (Lipinski definition) is 0. The first-order valence-electron chi connectivity index (χ1n) is 9.25. The van der Waals surface area contributed by atoms with Crippen LogP contribution in [0.2, 0.25) is 0 Å². The molecule has 2 heterocycles. The zero-order valence-corrected chi connectivity index (χ0v) is 17.0. The summed E-state index contributed by atoms with van der Waals surface area (Å²) in [6, 6.07) is 9.18. The number of ether oxygens (including phenoxy) is 3. The average Bonchev–Trinajstić information content (AvgIpc) is 2.95. The fraction of sp³-hybridized carbons (Fsp3) is 0.524. The molecule has 0 N–H and O–H groups in total. The van der Waals surface area contributed by atoms with E-state index in [0.717, 1.165) is 24.6 Å². The summed E-state index contributed by atoms with van der Waals surface area (Å²) in [6.07, 6.45) is 5.09. The Balaban J connectivity index is 1.89. The summed E-state index contributed by atoms with van der Waals surface area (Å²) >= 11 is 1.93. The third-order valence-electron chi connectivity index (χ3n) is 5.06. The van der Waals surface area contributed by atoms with E-state index < -0.39 is 0 Å². The van der Waals surface area contributed by atoms with Crippen molar-refractivity contribution < 1.29 is 14.2 Å². The Morgan fingerprint density at radius 3 is 2.31 bits per heavy atom. The molecule has 1 aliphatic heterocycles. The highest BCUT2D eigenvalue weighted by molar-refractivity contribution is 7.12. The highest BCUT2D eigenvalue weighted by atomic mass is 32.1. The van der Waals surface area contributed by atoms with Crippen molar-refractivity contribution in [3.8, 4) is 17.2 Å². The van der Waals surface area contributed by atoms with E-state index in [1.165, 1.54) is 41.0 Å². The predicted molar refractivity (Wildman–Crippen MR) is 107 cm³/mol. The van der Waals surface area contributed by atoms with Gasteiger partial charge in [-0.15, -0.1) is 11.3 Å². The molecule has 1 fully saturated rings. The van der Waals surface area contributed by atoms with Crippen LogP contribution in [0.5, 0.6) is 17.2 Å². The van der Waals surface area contributed by atoms with E-state index in [4.69, 9.17) is 14.2 Å². The number of likely N-dealkylation sites (tertiary alicyclic amines) is 1. The van der Waals surface area contributed by atoms with Gasteiger partial charge in [0.25, 0.3) is 0 Å². The molecule has 4 nitrogen and oxygen atoms in total. The molecule has 0 spiro atoms. The normalized spacial score (nSPS) is 18.4. The quantitative estimate of drug-likeness (QED) is 0.694. The zero-order valence-electron chi connectivity index (χ0n) is 16.2. The minimum absolute atomic E-state index is 0.496. The smallest absolute Gasteiger partial charge is 0.203 e. The van der Waals surface area contributed by atoms with E-state index >= 15 is 0 Å². The Hall–Kier alpha value is -1.72. The van der Waals surface area contributed by atoms with Crippen LogP contribution in [0.15, 0.2) is 24.3 Å². The fourth-order valence-corrected chi connectivity index (χ4v) is 4.82. The van der Waals surface area contributed by atoms with Gasteiger partial charge in [0.05, 0.1) is 21.3 Å². The van der Waals surface area contributed by atoms with Gasteiger partial charge in [-0.05, 0) is 56.1 Å². The highest BCUT2D eigenvalue weighted by Gasteiger charge is 2.25. The number of benzene rings is 1. The van der Waals surface area contributed by atoms with Crippen LogP contribution >= 0.6 is 11.3 Å². The van der Waals surface area contributed by atoms with Crippen molar-refractivity contribution >= 4 is 11.3 Å². The summed E-state index contributed by atoms with van der Waals surface area (Å²) < 4.78 is 16.5. The minimum atomic E-state index is 0.496. The Bertz CT molecular complexity index is 703. The maximum Gasteiger partial charge on any atom is 0.203 e. The van der Waals surface area contributed by atoms with Crippen LogP contribution in [-0.4, -0.2) is 32.8 Å². The lowest BCUT2D eigenvalue weighted by molar-refractivity contribution is 0.194. The van der Waals surface area contributed by atoms with Crippen molar-refractivity contribution in [1.29, 1.82) is 0 Å². The predicted octanol–water partition coefficient (Wildman–Crippen LogP) is 5.20. The second-order valence-corrected chi connectivity index (χ2v) is 8.14. The molecule has 0 bridgehead atoms. The molecule has 1 atom stereocenters. The van der Waals surface area contributed by atoms with E-state index in [-0.39, 0.29) is 0 Å². The van der Waals surface area contributed by atoms with Gasteiger partial charge in [0.1, 0.15) is 0 Å². The van der Waals surface area contributed by atoms with Crippen molar-refractivity contribution in [2.75, 3.05) is 27.9 Å². The minimum Gasteiger partial charge on any atom is -0.493 e. The molecule has 2 aromatic rings. The van der Waals surface area contributed by atoms with Crippen LogP contribution in [0.1, 0.15) is 47.0 Å². The van der Waals surface area contributed by atoms with Crippen LogP contribution in [0.25, 0.3) is 0 Å². The number of methoxy groups -OCH3 is 3. The molecule has 3 rings (SSSR count). The second kappa shape index (κ2) is 8.78. The van der Waals surface area contributed by atoms with E-state index in [2.05, 4.69) is 36.1 Å². The summed E-state index contributed by atoms with van der Waals surface area (Å²) in [5, 5.41) is 0. The van der Waals surface area contributed by atoms with Gasteiger partial charge < -0.3 is 14.2 Å². The lowest BCUT2D eigenvalue weighted by Gasteiger charge is -2.29. The fourth-order valence-electron chi connectivity index (χ4n) is 3.77. The van der Waals surface area contributed by atoms with Crippen LogP contribution in [0.4, 0.5) is 0 Å². The topological polar surface area (TPSA) is 30.9 Å². The molecule has 1 aromatic carbocycles. The number of hydrogen-bond acceptors (Lipinski definition) is 5. The Labute approximate surface area is 160 Å². The van der Waals surface area contributed by atoms with Crippen LogP contribution < -0.4 is 14.2 Å². The van der Waals surface area contributed by atoms with Gasteiger partial charge in [-0.2, -0.15) is 0 Å². The monoisotopic (exact) mass is 375 g/mol. The summed E-state index contributed by atoms with van der Waals surface area (Å²) in [7, 11) is 4.98. The maximum atomic E-state index is 5.53. The largest absolute Gasteiger partial charge is 0.493 e. The van der Waals surface area contributed by atoms with E-state index in [0.29, 0.717) is 11.8 Å². The Kier molecular flexibility index (Phi) is 6.43. The van der Waals surface area contributed by atoms with Gasteiger partial charge in [-0.3, -0.25) is 4.90 Å². The molecule has 0 radical (unpaired) electrons. The average molecular weight is 376 g/mol. The molecule has 1 aliphatic rings. The molecule has 0 amide bonds. The number of rotatable bonds is 6. The third kappa shape index (κ3) is 4.15. The molecule has 1 saturated heterocycles. The van der Waals surface area contributed by atoms with Crippen molar-refractivity contribution in [1.82, 2.24) is 4.90 Å². The van der Waals surface area contributed by atoms with Crippen molar-refractivity contribution in [3.63, 3.8) is 0 Å². The summed E-state index contributed by atoms with van der Waals surface area (Å²) in [5.74, 6) is 2.10. The first kappa shape index (κ1) is 19.1. The molecule has 142 valence electrons. The van der Waals surface area contributed by atoms with E-state index in [9.17, 15) is 0 Å². The number of nitrogens with zero attached hydrogens (tertiary/aromatic N) is 1. The zero-order chi connectivity index (χ0) is 18.5. The molecule has 0 unspecified atom stereocenters. The van der Waals surface area contributed by atoms with Crippen molar-refractivity contribution in [3.05, 3.63) is 39.6 Å². The lowest BCUT2D eigenvalue weighted by atomic mass is 10.1. The highest BCUT2D eigenvalue weighted by Crippen LogP contribution is 2.40. The molecular weight excluding hydrogens is 346 g/mol. The Morgan fingerprint density at radius 2 is 1.73 bits per heavy atom. The van der Waals surface area contributed by atoms with Gasteiger partial charge in [-0.25, -0.2) is 0 Å². The summed E-state index contributed by atoms with van der Waals surface area (Å²) in [6.45, 7) is 4.20. The SMILES string of the molecule is COc1cc(CN2CCCCC[C@H]2c2ccc(C)s2)cc(OC)c1OC. The second-order valence-electron chi connectivity index (χ2n) is 6.82. The van der Waals surface area contributed by atoms with Crippen LogP contribution in [-0.2, 0) is 6.54 Å². The Morgan fingerprint density at radius 1 is 1.00 bits per heavy atom. The summed E-state index contributed by atoms with van der Waals surface area (Å²) in [5.41, 5.74) is 1.19. The molecule has 0 saturated carbocycles. The molecule has 1 aromatic heterocycles. The summed E-state index contributed by atoms with van der Waals surface area (Å²) in [4.78, 5) is 5.48. The van der Waals surface area contributed by atoms with E-state index in [1.54, 1.807) is 21.3 Å². The van der Waals surface area contributed by atoms with Gasteiger partial charge in [-0.1, -0.05) is 12.8 Å². The van der Waals surface area contributed by atoms with Crippen molar-refractivity contribution in [2.24, 2.45) is 0 Å². The molecule has 5 heteroatoms. The van der Waals surface area contributed by atoms with E-state index in [1.807, 2.05) is 11.3 Å². The van der Waals surface area contributed by atoms with Gasteiger partial charge in [0, 0.05) is 22.3 Å². The van der Waals surface area contributed by atoms with Crippen LogP contribution in [0, 0.1) is 6.92 Å². The number of thiophene rings is 1. The standard InChI is InChI=1S/C21H29NO3S/c1-15-9-10-20(26-15)17-8-6-5-7-11-22(17)14-16-12-18(23-2)21(25-4)19(13-16)24-3/h9-10,12-13,17H,5-8,11,14H2,1-4H3/t17-/m0/s1. The van der Waals surface area contributed by atoms with Crippen molar-refractivity contribution in [2.45, 2.75) is 45.2 Å². The third-order valence-corrected chi connectivity index (χ3v) is 6.17. The number of aryl methyl sites for hydroxylation is 1. The molecule has 26 heavy (non-hydrogen) atoms. The van der Waals surface area contributed by atoms with Crippen LogP contribution in [0.3, 0.4) is 0 Å².